The smallest absolute Gasteiger partial charge is 0.338 e. The van der Waals surface area contributed by atoms with E-state index in [4.69, 9.17) is 18.9 Å². The monoisotopic (exact) mass is 404 g/mol. The summed E-state index contributed by atoms with van der Waals surface area (Å²) in [4.78, 5) is 34.6. The van der Waals surface area contributed by atoms with Gasteiger partial charge in [-0.2, -0.15) is 0 Å². The average Bonchev–Trinajstić information content (AvgIpc) is 2.72. The minimum atomic E-state index is -0.743. The van der Waals surface area contributed by atoms with Gasteiger partial charge < -0.3 is 24.3 Å². The highest BCUT2D eigenvalue weighted by molar-refractivity contribution is 5.96. The summed E-state index contributed by atoms with van der Waals surface area (Å²) in [7, 11) is 4.23. The van der Waals surface area contributed by atoms with Gasteiger partial charge in [0.05, 0.1) is 43.6 Å². The van der Waals surface area contributed by atoms with Crippen LogP contribution >= 0.6 is 0 Å². The zero-order valence-electron chi connectivity index (χ0n) is 16.3. The molecule has 0 aliphatic heterocycles. The Morgan fingerprint density at radius 3 is 2.10 bits per heavy atom. The second-order valence-electron chi connectivity index (χ2n) is 5.77. The van der Waals surface area contributed by atoms with Crippen LogP contribution in [0.4, 0.5) is 11.4 Å². The van der Waals surface area contributed by atoms with Crippen molar-refractivity contribution in [1.29, 1.82) is 0 Å². The van der Waals surface area contributed by atoms with Gasteiger partial charge in [0.15, 0.2) is 6.61 Å². The van der Waals surface area contributed by atoms with Crippen molar-refractivity contribution in [3.8, 4) is 17.2 Å². The van der Waals surface area contributed by atoms with E-state index < -0.39 is 23.4 Å². The molecule has 0 heterocycles. The number of nitrogens with one attached hydrogen (secondary N) is 1. The summed E-state index contributed by atoms with van der Waals surface area (Å²) in [6.07, 6.45) is 0. The van der Waals surface area contributed by atoms with Crippen LogP contribution in [-0.4, -0.2) is 44.7 Å². The van der Waals surface area contributed by atoms with Crippen molar-refractivity contribution in [3.05, 3.63) is 51.6 Å². The van der Waals surface area contributed by atoms with Crippen LogP contribution in [0.15, 0.2) is 30.3 Å². The molecule has 154 valence electrons. The van der Waals surface area contributed by atoms with Gasteiger partial charge in [0.1, 0.15) is 17.2 Å². The molecule has 2 aromatic rings. The van der Waals surface area contributed by atoms with Crippen molar-refractivity contribution in [3.63, 3.8) is 0 Å². The summed E-state index contributed by atoms with van der Waals surface area (Å²) in [5.41, 5.74) is 0.894. The lowest BCUT2D eigenvalue weighted by Gasteiger charge is -2.13. The van der Waals surface area contributed by atoms with Crippen LogP contribution in [0, 0.1) is 17.0 Å². The van der Waals surface area contributed by atoms with Crippen molar-refractivity contribution >= 4 is 23.3 Å². The Morgan fingerprint density at radius 2 is 1.59 bits per heavy atom. The highest BCUT2D eigenvalue weighted by Gasteiger charge is 2.17. The van der Waals surface area contributed by atoms with Gasteiger partial charge in [-0.05, 0) is 25.1 Å². The first kappa shape index (κ1) is 21.5. The molecule has 10 nitrogen and oxygen atoms in total. The van der Waals surface area contributed by atoms with Crippen LogP contribution in [0.1, 0.15) is 15.9 Å². The normalized spacial score (nSPS) is 10.1. The molecule has 1 amide bonds. The standard InChI is InChI=1S/C19H20N2O8/c1-11-15(26-2)7-12(8-16(11)27-3)19(23)29-10-18(22)20-14-6-5-13(21(24)25)9-17(14)28-4/h5-9H,10H2,1-4H3,(H,20,22). The third kappa shape index (κ3) is 5.12. The number of hydrogen-bond donors (Lipinski definition) is 1. The van der Waals surface area contributed by atoms with Crippen molar-refractivity contribution in [2.75, 3.05) is 33.3 Å². The van der Waals surface area contributed by atoms with Crippen molar-refractivity contribution in [2.45, 2.75) is 6.92 Å². The zero-order valence-corrected chi connectivity index (χ0v) is 16.3. The summed E-state index contributed by atoms with van der Waals surface area (Å²) in [6, 6.07) is 6.68. The summed E-state index contributed by atoms with van der Waals surface area (Å²) in [6.45, 7) is 1.20. The third-order valence-corrected chi connectivity index (χ3v) is 3.99. The second-order valence-corrected chi connectivity index (χ2v) is 5.77. The molecule has 10 heteroatoms. The maximum Gasteiger partial charge on any atom is 0.338 e. The quantitative estimate of drug-likeness (QED) is 0.404. The molecule has 0 unspecified atom stereocenters. The van der Waals surface area contributed by atoms with Crippen LogP contribution in [-0.2, 0) is 9.53 Å². The predicted octanol–water partition coefficient (Wildman–Crippen LogP) is 2.72. The number of nitro groups is 1. The number of rotatable bonds is 8. The van der Waals surface area contributed by atoms with E-state index in [1.165, 1.54) is 51.7 Å². The van der Waals surface area contributed by atoms with Crippen LogP contribution < -0.4 is 19.5 Å². The molecule has 0 aliphatic rings. The SMILES string of the molecule is COc1cc([N+](=O)[O-])ccc1NC(=O)COC(=O)c1cc(OC)c(C)c(OC)c1. The second kappa shape index (κ2) is 9.40. The number of non-ortho nitro benzene ring substituents is 1. The van der Waals surface area contributed by atoms with E-state index >= 15 is 0 Å². The molecule has 0 bridgehead atoms. The summed E-state index contributed by atoms with van der Waals surface area (Å²) >= 11 is 0. The Bertz CT molecular complexity index is 917. The van der Waals surface area contributed by atoms with Gasteiger partial charge in [-0.3, -0.25) is 14.9 Å². The molecule has 0 aliphatic carbocycles. The molecule has 0 saturated heterocycles. The first-order chi connectivity index (χ1) is 13.8. The molecule has 0 atom stereocenters. The molecule has 0 fully saturated rings. The number of hydrogen-bond acceptors (Lipinski definition) is 8. The fourth-order valence-corrected chi connectivity index (χ4v) is 2.50. The highest BCUT2D eigenvalue weighted by atomic mass is 16.6. The minimum absolute atomic E-state index is 0.104. The van der Waals surface area contributed by atoms with Gasteiger partial charge in [-0.25, -0.2) is 4.79 Å². The zero-order chi connectivity index (χ0) is 21.6. The summed E-state index contributed by atoms with van der Waals surface area (Å²) < 4.78 is 20.5. The maximum atomic E-state index is 12.3. The van der Waals surface area contributed by atoms with E-state index in [9.17, 15) is 19.7 Å². The summed E-state index contributed by atoms with van der Waals surface area (Å²) in [5, 5.41) is 13.3. The number of ether oxygens (including phenoxy) is 4. The van der Waals surface area contributed by atoms with Gasteiger partial charge >= 0.3 is 5.97 Å². The molecule has 0 aromatic heterocycles. The number of benzene rings is 2. The number of nitrogens with zero attached hydrogens (tertiary/aromatic N) is 1. The van der Waals surface area contributed by atoms with E-state index in [0.717, 1.165) is 5.56 Å². The Hall–Kier alpha value is -3.82. The highest BCUT2D eigenvalue weighted by Crippen LogP contribution is 2.30. The number of carbonyl (C=O) groups excluding carboxylic acids is 2. The molecular formula is C19H20N2O8. The topological polar surface area (TPSA) is 126 Å². The fourth-order valence-electron chi connectivity index (χ4n) is 2.50. The van der Waals surface area contributed by atoms with Gasteiger partial charge in [0.25, 0.3) is 11.6 Å². The van der Waals surface area contributed by atoms with Crippen molar-refractivity contribution in [1.82, 2.24) is 0 Å². The van der Waals surface area contributed by atoms with E-state index in [1.807, 2.05) is 0 Å². The molecule has 0 radical (unpaired) electrons. The van der Waals surface area contributed by atoms with E-state index in [2.05, 4.69) is 5.32 Å². The maximum absolute atomic E-state index is 12.3. The number of amides is 1. The van der Waals surface area contributed by atoms with Gasteiger partial charge in [-0.1, -0.05) is 0 Å². The number of anilines is 1. The van der Waals surface area contributed by atoms with Crippen LogP contribution in [0.2, 0.25) is 0 Å². The molecule has 2 rings (SSSR count). The first-order valence-electron chi connectivity index (χ1n) is 8.32. The Kier molecular flexibility index (Phi) is 6.96. The lowest BCUT2D eigenvalue weighted by molar-refractivity contribution is -0.384. The number of methoxy groups -OCH3 is 3. The van der Waals surface area contributed by atoms with Crippen LogP contribution in [0.5, 0.6) is 17.2 Å². The lowest BCUT2D eigenvalue weighted by atomic mass is 10.1. The number of carbonyl (C=O) groups is 2. The molecule has 1 N–H and O–H groups in total. The third-order valence-electron chi connectivity index (χ3n) is 3.99. The largest absolute Gasteiger partial charge is 0.496 e. The van der Waals surface area contributed by atoms with Gasteiger partial charge in [0, 0.05) is 11.6 Å². The van der Waals surface area contributed by atoms with E-state index in [1.54, 1.807) is 6.92 Å². The van der Waals surface area contributed by atoms with E-state index in [-0.39, 0.29) is 22.7 Å². The minimum Gasteiger partial charge on any atom is -0.496 e. The Morgan fingerprint density at radius 1 is 1.00 bits per heavy atom. The molecule has 0 saturated carbocycles. The number of nitro benzene ring substituents is 1. The summed E-state index contributed by atoms with van der Waals surface area (Å²) in [5.74, 6) is -0.399. The van der Waals surface area contributed by atoms with Gasteiger partial charge in [0.2, 0.25) is 0 Å². The number of esters is 1. The first-order valence-corrected chi connectivity index (χ1v) is 8.32. The van der Waals surface area contributed by atoms with E-state index in [0.29, 0.717) is 11.5 Å². The molecule has 29 heavy (non-hydrogen) atoms. The molecule has 2 aromatic carbocycles. The molecule has 0 spiro atoms. The van der Waals surface area contributed by atoms with Crippen molar-refractivity contribution in [2.24, 2.45) is 0 Å². The van der Waals surface area contributed by atoms with Crippen molar-refractivity contribution < 1.29 is 33.5 Å². The Balaban J connectivity index is 2.06. The molecular weight excluding hydrogens is 384 g/mol. The van der Waals surface area contributed by atoms with Gasteiger partial charge in [-0.15, -0.1) is 0 Å². The van der Waals surface area contributed by atoms with Crippen LogP contribution in [0.25, 0.3) is 0 Å². The fraction of sp³-hybridized carbons (Fsp3) is 0.263. The lowest BCUT2D eigenvalue weighted by Crippen LogP contribution is -2.21. The predicted molar refractivity (Wildman–Crippen MR) is 103 cm³/mol. The Labute approximate surface area is 166 Å². The average molecular weight is 404 g/mol. The van der Waals surface area contributed by atoms with Crippen LogP contribution in [0.3, 0.4) is 0 Å².